The summed E-state index contributed by atoms with van der Waals surface area (Å²) in [4.78, 5) is 2.10. The Kier molecular flexibility index (Phi) is 3.35. The van der Waals surface area contributed by atoms with Crippen LogP contribution in [0, 0.1) is 0 Å². The van der Waals surface area contributed by atoms with E-state index in [1.54, 1.807) is 5.57 Å². The van der Waals surface area contributed by atoms with Gasteiger partial charge < -0.3 is 4.90 Å². The molecule has 0 N–H and O–H groups in total. The quantitative estimate of drug-likeness (QED) is 0.640. The summed E-state index contributed by atoms with van der Waals surface area (Å²) in [6.45, 7) is 6.24. The largest absolute Gasteiger partial charge is 0.381 e. The minimum absolute atomic E-state index is 1.03. The second-order valence-corrected chi connectivity index (χ2v) is 3.87. The molecule has 0 aliphatic heterocycles. The molecule has 1 rings (SSSR count). The van der Waals surface area contributed by atoms with E-state index in [4.69, 9.17) is 0 Å². The molecule has 0 spiro atoms. The van der Waals surface area contributed by atoms with Crippen molar-refractivity contribution in [3.63, 3.8) is 0 Å². The van der Waals surface area contributed by atoms with Gasteiger partial charge in [-0.1, -0.05) is 29.9 Å². The second kappa shape index (κ2) is 4.31. The summed E-state index contributed by atoms with van der Waals surface area (Å²) >= 11 is 0. The van der Waals surface area contributed by atoms with Crippen molar-refractivity contribution in [1.82, 2.24) is 4.90 Å². The molecule has 13 heavy (non-hydrogen) atoms. The van der Waals surface area contributed by atoms with Crippen LogP contribution in [-0.2, 0) is 0 Å². The highest BCUT2D eigenvalue weighted by molar-refractivity contribution is 5.30. The molecule has 1 nitrogen and oxygen atoms in total. The normalized spacial score (nSPS) is 16.2. The minimum Gasteiger partial charge on any atom is -0.381 e. The van der Waals surface area contributed by atoms with Crippen molar-refractivity contribution in [3.8, 4) is 0 Å². The SMILES string of the molecule is C=C(CC1=C(C)C=CCC1)N(C)C. The van der Waals surface area contributed by atoms with Crippen molar-refractivity contribution >= 4 is 0 Å². The molecule has 0 amide bonds. The number of rotatable bonds is 3. The van der Waals surface area contributed by atoms with Crippen molar-refractivity contribution in [2.75, 3.05) is 14.1 Å². The van der Waals surface area contributed by atoms with E-state index < -0.39 is 0 Å². The number of nitrogens with zero attached hydrogens (tertiary/aromatic N) is 1. The summed E-state index contributed by atoms with van der Waals surface area (Å²) in [6.07, 6.45) is 7.89. The molecule has 0 heterocycles. The first-order valence-electron chi connectivity index (χ1n) is 4.81. The molecule has 0 saturated heterocycles. The van der Waals surface area contributed by atoms with Crippen LogP contribution in [-0.4, -0.2) is 19.0 Å². The Labute approximate surface area is 81.4 Å². The Balaban J connectivity index is 2.62. The van der Waals surface area contributed by atoms with E-state index in [0.717, 1.165) is 6.42 Å². The zero-order chi connectivity index (χ0) is 9.84. The molecule has 0 aromatic carbocycles. The summed E-state index contributed by atoms with van der Waals surface area (Å²) in [5, 5.41) is 0. The molecule has 1 aliphatic carbocycles. The lowest BCUT2D eigenvalue weighted by atomic mass is 9.95. The third-order valence-electron chi connectivity index (χ3n) is 2.59. The highest BCUT2D eigenvalue weighted by Crippen LogP contribution is 2.24. The van der Waals surface area contributed by atoms with Crippen molar-refractivity contribution in [3.05, 3.63) is 35.6 Å². The minimum atomic E-state index is 1.03. The zero-order valence-electron chi connectivity index (χ0n) is 8.93. The second-order valence-electron chi connectivity index (χ2n) is 3.87. The van der Waals surface area contributed by atoms with Crippen molar-refractivity contribution < 1.29 is 0 Å². The molecule has 0 fully saturated rings. The van der Waals surface area contributed by atoms with Gasteiger partial charge in [0.25, 0.3) is 0 Å². The van der Waals surface area contributed by atoms with Crippen LogP contribution in [0.25, 0.3) is 0 Å². The van der Waals surface area contributed by atoms with E-state index in [1.165, 1.54) is 24.1 Å². The Hall–Kier alpha value is -0.980. The van der Waals surface area contributed by atoms with E-state index in [0.29, 0.717) is 0 Å². The predicted octanol–water partition coefficient (Wildman–Crippen LogP) is 3.12. The fraction of sp³-hybridized carbons (Fsp3) is 0.500. The topological polar surface area (TPSA) is 3.24 Å². The lowest BCUT2D eigenvalue weighted by Gasteiger charge is -2.19. The molecule has 0 radical (unpaired) electrons. The van der Waals surface area contributed by atoms with Gasteiger partial charge in [-0.2, -0.15) is 0 Å². The maximum atomic E-state index is 4.05. The van der Waals surface area contributed by atoms with Crippen molar-refractivity contribution in [1.29, 1.82) is 0 Å². The van der Waals surface area contributed by atoms with Gasteiger partial charge in [-0.15, -0.1) is 0 Å². The Morgan fingerprint density at radius 1 is 1.54 bits per heavy atom. The molecule has 0 aromatic heterocycles. The summed E-state index contributed by atoms with van der Waals surface area (Å²) in [5.41, 5.74) is 4.17. The van der Waals surface area contributed by atoms with E-state index in [9.17, 15) is 0 Å². The van der Waals surface area contributed by atoms with Gasteiger partial charge in [0.15, 0.2) is 0 Å². The Bertz CT molecular complexity index is 256. The van der Waals surface area contributed by atoms with Gasteiger partial charge in [0, 0.05) is 26.2 Å². The highest BCUT2D eigenvalue weighted by atomic mass is 15.1. The lowest BCUT2D eigenvalue weighted by Crippen LogP contribution is -2.11. The van der Waals surface area contributed by atoms with Gasteiger partial charge in [0.2, 0.25) is 0 Å². The molecule has 0 aromatic rings. The summed E-state index contributed by atoms with van der Waals surface area (Å²) in [7, 11) is 4.10. The molecule has 1 heteroatoms. The van der Waals surface area contributed by atoms with Crippen LogP contribution in [0.3, 0.4) is 0 Å². The van der Waals surface area contributed by atoms with Crippen LogP contribution in [0.1, 0.15) is 26.2 Å². The van der Waals surface area contributed by atoms with Crippen molar-refractivity contribution in [2.24, 2.45) is 0 Å². The van der Waals surface area contributed by atoms with E-state index >= 15 is 0 Å². The van der Waals surface area contributed by atoms with Crippen LogP contribution < -0.4 is 0 Å². The number of hydrogen-bond donors (Lipinski definition) is 0. The smallest absolute Gasteiger partial charge is 0.00958 e. The van der Waals surface area contributed by atoms with Gasteiger partial charge in [-0.05, 0) is 19.8 Å². The maximum absolute atomic E-state index is 4.05. The van der Waals surface area contributed by atoms with Crippen LogP contribution in [0.5, 0.6) is 0 Å². The third-order valence-corrected chi connectivity index (χ3v) is 2.59. The highest BCUT2D eigenvalue weighted by Gasteiger charge is 2.07. The molecular formula is C12H19N. The van der Waals surface area contributed by atoms with E-state index in [1.807, 2.05) is 0 Å². The fourth-order valence-corrected chi connectivity index (χ4v) is 1.46. The molecule has 0 saturated carbocycles. The van der Waals surface area contributed by atoms with Crippen LogP contribution in [0.4, 0.5) is 0 Å². The summed E-state index contributed by atoms with van der Waals surface area (Å²) < 4.78 is 0. The van der Waals surface area contributed by atoms with Crippen molar-refractivity contribution in [2.45, 2.75) is 26.2 Å². The Morgan fingerprint density at radius 3 is 2.77 bits per heavy atom. The summed E-state index contributed by atoms with van der Waals surface area (Å²) in [5.74, 6) is 0. The zero-order valence-corrected chi connectivity index (χ0v) is 8.93. The first kappa shape index (κ1) is 10.1. The molecule has 72 valence electrons. The van der Waals surface area contributed by atoms with E-state index in [-0.39, 0.29) is 0 Å². The monoisotopic (exact) mass is 177 g/mol. The van der Waals surface area contributed by atoms with Crippen LogP contribution >= 0.6 is 0 Å². The van der Waals surface area contributed by atoms with E-state index in [2.05, 4.69) is 44.6 Å². The lowest BCUT2D eigenvalue weighted by molar-refractivity contribution is 0.497. The standard InChI is InChI=1S/C12H19N/c1-10-7-5-6-8-12(10)9-11(2)13(3)4/h5,7H,2,6,8-9H2,1,3-4H3. The Morgan fingerprint density at radius 2 is 2.23 bits per heavy atom. The number of hydrogen-bond acceptors (Lipinski definition) is 1. The average molecular weight is 177 g/mol. The first-order chi connectivity index (χ1) is 6.11. The van der Waals surface area contributed by atoms with Crippen LogP contribution in [0.2, 0.25) is 0 Å². The molecule has 0 atom stereocenters. The van der Waals surface area contributed by atoms with Gasteiger partial charge in [0.05, 0.1) is 0 Å². The molecule has 1 aliphatic rings. The average Bonchev–Trinajstić information content (AvgIpc) is 2.08. The van der Waals surface area contributed by atoms with Gasteiger partial charge in [-0.25, -0.2) is 0 Å². The van der Waals surface area contributed by atoms with Crippen LogP contribution in [0.15, 0.2) is 35.6 Å². The first-order valence-corrected chi connectivity index (χ1v) is 4.81. The van der Waals surface area contributed by atoms with Gasteiger partial charge in [-0.3, -0.25) is 0 Å². The number of allylic oxidation sites excluding steroid dienone is 4. The molecule has 0 unspecified atom stereocenters. The molecule has 0 bridgehead atoms. The fourth-order valence-electron chi connectivity index (χ4n) is 1.46. The van der Waals surface area contributed by atoms with Gasteiger partial charge in [0.1, 0.15) is 0 Å². The van der Waals surface area contributed by atoms with Gasteiger partial charge >= 0.3 is 0 Å². The molecular weight excluding hydrogens is 158 g/mol. The maximum Gasteiger partial charge on any atom is 0.00958 e. The summed E-state index contributed by atoms with van der Waals surface area (Å²) in [6, 6.07) is 0. The predicted molar refractivity (Wildman–Crippen MR) is 58.5 cm³/mol. The third kappa shape index (κ3) is 2.76.